The highest BCUT2D eigenvalue weighted by Gasteiger charge is 2.14. The van der Waals surface area contributed by atoms with E-state index in [4.69, 9.17) is 14.2 Å². The van der Waals surface area contributed by atoms with Gasteiger partial charge in [0.05, 0.1) is 6.42 Å². The van der Waals surface area contributed by atoms with E-state index in [1.54, 1.807) is 18.2 Å². The monoisotopic (exact) mass is 333 g/mol. The first-order valence-electron chi connectivity index (χ1n) is 7.08. The van der Waals surface area contributed by atoms with Crippen molar-refractivity contribution >= 4 is 28.9 Å². The third-order valence-electron chi connectivity index (χ3n) is 3.09. The second-order valence-corrected chi connectivity index (χ2v) is 5.86. The van der Waals surface area contributed by atoms with E-state index in [0.29, 0.717) is 30.4 Å². The maximum atomic E-state index is 11.8. The lowest BCUT2D eigenvalue weighted by Crippen LogP contribution is -2.22. The summed E-state index contributed by atoms with van der Waals surface area (Å²) in [6.07, 6.45) is 0.176. The van der Waals surface area contributed by atoms with E-state index < -0.39 is 11.9 Å². The second-order valence-electron chi connectivity index (χ2n) is 4.82. The van der Waals surface area contributed by atoms with E-state index in [2.05, 4.69) is 5.32 Å². The third-order valence-corrected chi connectivity index (χ3v) is 3.97. The zero-order valence-electron chi connectivity index (χ0n) is 12.2. The Morgan fingerprint density at radius 3 is 2.78 bits per heavy atom. The molecule has 1 amide bonds. The number of benzene rings is 1. The zero-order valence-corrected chi connectivity index (χ0v) is 13.1. The Balaban J connectivity index is 1.48. The molecule has 3 rings (SSSR count). The van der Waals surface area contributed by atoms with Crippen molar-refractivity contribution in [2.75, 3.05) is 25.1 Å². The smallest absolute Gasteiger partial charge is 0.311 e. The molecular formula is C16H15NO5S. The van der Waals surface area contributed by atoms with Crippen LogP contribution >= 0.6 is 11.3 Å². The molecule has 23 heavy (non-hydrogen) atoms. The maximum absolute atomic E-state index is 11.8. The topological polar surface area (TPSA) is 73.9 Å². The number of nitrogens with one attached hydrogen (secondary N) is 1. The molecule has 2 heterocycles. The van der Waals surface area contributed by atoms with E-state index in [1.165, 1.54) is 11.3 Å². The molecule has 0 spiro atoms. The standard InChI is InChI=1S/C16H15NO5S/c18-15(10-22-16(19)9-12-2-1-7-23-12)17-11-3-4-13-14(8-11)21-6-5-20-13/h1-4,7-8H,5-6,9-10H2,(H,17,18). The van der Waals surface area contributed by atoms with Crippen LogP contribution in [0, 0.1) is 0 Å². The lowest BCUT2D eigenvalue weighted by Gasteiger charge is -2.19. The van der Waals surface area contributed by atoms with Crippen LogP contribution in [0.15, 0.2) is 35.7 Å². The van der Waals surface area contributed by atoms with Gasteiger partial charge < -0.3 is 19.5 Å². The summed E-state index contributed by atoms with van der Waals surface area (Å²) >= 11 is 1.47. The Labute approximate surface area is 137 Å². The normalized spacial score (nSPS) is 12.5. The summed E-state index contributed by atoms with van der Waals surface area (Å²) in [4.78, 5) is 24.4. The van der Waals surface area contributed by atoms with Gasteiger partial charge in [-0.1, -0.05) is 6.07 Å². The largest absolute Gasteiger partial charge is 0.486 e. The highest BCUT2D eigenvalue weighted by atomic mass is 32.1. The van der Waals surface area contributed by atoms with Crippen molar-refractivity contribution in [2.45, 2.75) is 6.42 Å². The number of fused-ring (bicyclic) bond motifs is 1. The molecule has 1 aromatic heterocycles. The Hall–Kier alpha value is -2.54. The van der Waals surface area contributed by atoms with Gasteiger partial charge in [0, 0.05) is 16.6 Å². The summed E-state index contributed by atoms with van der Waals surface area (Å²) in [5, 5.41) is 4.54. The van der Waals surface area contributed by atoms with Gasteiger partial charge in [0.2, 0.25) is 0 Å². The van der Waals surface area contributed by atoms with Crippen LogP contribution in [0.2, 0.25) is 0 Å². The van der Waals surface area contributed by atoms with Crippen molar-refractivity contribution in [3.05, 3.63) is 40.6 Å². The number of amides is 1. The molecule has 6 nitrogen and oxygen atoms in total. The highest BCUT2D eigenvalue weighted by molar-refractivity contribution is 7.10. The zero-order chi connectivity index (χ0) is 16.1. The van der Waals surface area contributed by atoms with E-state index in [1.807, 2.05) is 17.5 Å². The lowest BCUT2D eigenvalue weighted by molar-refractivity contribution is -0.146. The third kappa shape index (κ3) is 4.23. The molecule has 0 aliphatic carbocycles. The summed E-state index contributed by atoms with van der Waals surface area (Å²) in [5.41, 5.74) is 0.563. The van der Waals surface area contributed by atoms with Gasteiger partial charge in [-0.15, -0.1) is 11.3 Å². The van der Waals surface area contributed by atoms with Crippen LogP contribution in [0.1, 0.15) is 4.88 Å². The number of carbonyl (C=O) groups is 2. The van der Waals surface area contributed by atoms with Gasteiger partial charge in [-0.3, -0.25) is 9.59 Å². The number of esters is 1. The van der Waals surface area contributed by atoms with Crippen molar-refractivity contribution in [1.29, 1.82) is 0 Å². The number of rotatable bonds is 5. The van der Waals surface area contributed by atoms with E-state index in [-0.39, 0.29) is 13.0 Å². The molecule has 0 fully saturated rings. The van der Waals surface area contributed by atoms with Crippen molar-refractivity contribution < 1.29 is 23.8 Å². The molecule has 0 atom stereocenters. The fraction of sp³-hybridized carbons (Fsp3) is 0.250. The van der Waals surface area contributed by atoms with E-state index in [0.717, 1.165) is 4.88 Å². The number of ether oxygens (including phenoxy) is 3. The molecule has 1 aromatic carbocycles. The van der Waals surface area contributed by atoms with Crippen molar-refractivity contribution in [2.24, 2.45) is 0 Å². The minimum absolute atomic E-state index is 0.176. The predicted octanol–water partition coefficient (Wildman–Crippen LogP) is 2.24. The van der Waals surface area contributed by atoms with Gasteiger partial charge >= 0.3 is 5.97 Å². The molecule has 1 N–H and O–H groups in total. The fourth-order valence-electron chi connectivity index (χ4n) is 2.07. The van der Waals surface area contributed by atoms with Crippen LogP contribution in [-0.2, 0) is 20.7 Å². The summed E-state index contributed by atoms with van der Waals surface area (Å²) in [6.45, 7) is 0.669. The van der Waals surface area contributed by atoms with Crippen LogP contribution < -0.4 is 14.8 Å². The van der Waals surface area contributed by atoms with E-state index in [9.17, 15) is 9.59 Å². The number of anilines is 1. The molecule has 0 unspecified atom stereocenters. The van der Waals surface area contributed by atoms with Gasteiger partial charge in [0.1, 0.15) is 13.2 Å². The van der Waals surface area contributed by atoms with Crippen molar-refractivity contribution in [1.82, 2.24) is 0 Å². The van der Waals surface area contributed by atoms with Crippen LogP contribution in [-0.4, -0.2) is 31.7 Å². The van der Waals surface area contributed by atoms with Crippen LogP contribution in [0.3, 0.4) is 0 Å². The van der Waals surface area contributed by atoms with Gasteiger partial charge in [0.15, 0.2) is 18.1 Å². The minimum atomic E-state index is -0.426. The second kappa shape index (κ2) is 7.15. The van der Waals surface area contributed by atoms with Crippen LogP contribution in [0.4, 0.5) is 5.69 Å². The molecule has 0 bridgehead atoms. The average Bonchev–Trinajstić information content (AvgIpc) is 3.06. The maximum Gasteiger partial charge on any atom is 0.311 e. The number of hydrogen-bond acceptors (Lipinski definition) is 6. The first-order valence-corrected chi connectivity index (χ1v) is 7.96. The molecule has 1 aliphatic heterocycles. The van der Waals surface area contributed by atoms with Crippen LogP contribution in [0.5, 0.6) is 11.5 Å². The molecule has 0 saturated heterocycles. The Bertz CT molecular complexity index is 699. The van der Waals surface area contributed by atoms with Crippen molar-refractivity contribution in [3.63, 3.8) is 0 Å². The molecule has 0 radical (unpaired) electrons. The number of carbonyl (C=O) groups excluding carboxylic acids is 2. The molecule has 0 saturated carbocycles. The summed E-state index contributed by atoms with van der Waals surface area (Å²) in [7, 11) is 0. The van der Waals surface area contributed by atoms with Gasteiger partial charge in [0.25, 0.3) is 5.91 Å². The van der Waals surface area contributed by atoms with Crippen LogP contribution in [0.25, 0.3) is 0 Å². The van der Waals surface area contributed by atoms with E-state index >= 15 is 0 Å². The summed E-state index contributed by atoms with van der Waals surface area (Å²) in [6, 6.07) is 8.83. The summed E-state index contributed by atoms with van der Waals surface area (Å²) in [5.74, 6) is 0.409. The fourth-order valence-corrected chi connectivity index (χ4v) is 2.76. The first-order chi connectivity index (χ1) is 11.2. The van der Waals surface area contributed by atoms with Crippen molar-refractivity contribution in [3.8, 4) is 11.5 Å². The number of hydrogen-bond donors (Lipinski definition) is 1. The molecule has 1 aliphatic rings. The average molecular weight is 333 g/mol. The Kier molecular flexibility index (Phi) is 4.77. The minimum Gasteiger partial charge on any atom is -0.486 e. The Morgan fingerprint density at radius 1 is 1.17 bits per heavy atom. The van der Waals surface area contributed by atoms with Gasteiger partial charge in [-0.25, -0.2) is 0 Å². The number of thiophene rings is 1. The quantitative estimate of drug-likeness (QED) is 0.850. The predicted molar refractivity (Wildman–Crippen MR) is 85.0 cm³/mol. The van der Waals surface area contributed by atoms with Gasteiger partial charge in [-0.2, -0.15) is 0 Å². The summed E-state index contributed by atoms with van der Waals surface area (Å²) < 4.78 is 15.8. The molecule has 120 valence electrons. The van der Waals surface area contributed by atoms with Gasteiger partial charge in [-0.05, 0) is 23.6 Å². The lowest BCUT2D eigenvalue weighted by atomic mass is 10.2. The molecular weight excluding hydrogens is 318 g/mol. The first kappa shape index (κ1) is 15.4. The molecule has 2 aromatic rings. The Morgan fingerprint density at radius 2 is 2.00 bits per heavy atom. The molecule has 7 heteroatoms. The highest BCUT2D eigenvalue weighted by Crippen LogP contribution is 2.32. The SMILES string of the molecule is O=C(COC(=O)Cc1cccs1)Nc1ccc2c(c1)OCCO2.